The molecule has 0 radical (unpaired) electrons. The Balaban J connectivity index is 1.59. The zero-order valence-corrected chi connectivity index (χ0v) is 11.5. The molecule has 1 aliphatic carbocycles. The number of methoxy groups -OCH3 is 1. The lowest BCUT2D eigenvalue weighted by Gasteiger charge is -2.16. The Morgan fingerprint density at radius 2 is 2.00 bits per heavy atom. The first-order chi connectivity index (χ1) is 9.67. The first-order valence-corrected chi connectivity index (χ1v) is 6.92. The lowest BCUT2D eigenvalue weighted by atomic mass is 10.2. The second-order valence-corrected chi connectivity index (χ2v) is 5.38. The van der Waals surface area contributed by atoms with Gasteiger partial charge in [-0.15, -0.1) is 0 Å². The van der Waals surface area contributed by atoms with E-state index in [1.54, 1.807) is 31.4 Å². The summed E-state index contributed by atoms with van der Waals surface area (Å²) >= 11 is 0. The molecule has 1 saturated heterocycles. The molecule has 3 rings (SSSR count). The topological polar surface area (TPSA) is 58.6 Å². The molecule has 1 aromatic rings. The van der Waals surface area contributed by atoms with E-state index in [0.717, 1.165) is 18.6 Å². The molecule has 2 fully saturated rings. The Labute approximate surface area is 117 Å². The Kier molecular flexibility index (Phi) is 3.34. The number of hydrogen-bond acceptors (Lipinski definition) is 3. The number of hydrogen-bond donors (Lipinski definition) is 1. The fourth-order valence-electron chi connectivity index (χ4n) is 2.58. The summed E-state index contributed by atoms with van der Waals surface area (Å²) in [6.45, 7) is 0.644. The molecule has 1 aliphatic heterocycles. The highest BCUT2D eigenvalue weighted by atomic mass is 16.5. The van der Waals surface area contributed by atoms with E-state index in [4.69, 9.17) is 4.74 Å². The van der Waals surface area contributed by atoms with Crippen molar-refractivity contribution >= 4 is 11.8 Å². The van der Waals surface area contributed by atoms with Crippen LogP contribution in [0, 0.1) is 0 Å². The maximum atomic E-state index is 12.1. The highest BCUT2D eigenvalue weighted by Gasteiger charge is 2.39. The van der Waals surface area contributed by atoms with E-state index >= 15 is 0 Å². The molecule has 1 heterocycles. The molecule has 106 valence electrons. The lowest BCUT2D eigenvalue weighted by molar-refractivity contribution is -0.128. The van der Waals surface area contributed by atoms with Crippen molar-refractivity contribution in [1.29, 1.82) is 0 Å². The zero-order chi connectivity index (χ0) is 14.1. The zero-order valence-electron chi connectivity index (χ0n) is 11.5. The lowest BCUT2D eigenvalue weighted by Crippen LogP contribution is -2.37. The van der Waals surface area contributed by atoms with Crippen molar-refractivity contribution in [3.05, 3.63) is 29.8 Å². The Bertz CT molecular complexity index is 522. The van der Waals surface area contributed by atoms with Gasteiger partial charge in [-0.1, -0.05) is 0 Å². The third-order valence-electron chi connectivity index (χ3n) is 3.83. The number of rotatable bonds is 4. The molecule has 2 aliphatic rings. The van der Waals surface area contributed by atoms with E-state index in [0.29, 0.717) is 24.6 Å². The largest absolute Gasteiger partial charge is 0.497 e. The number of likely N-dealkylation sites (tertiary alicyclic amines) is 1. The van der Waals surface area contributed by atoms with Crippen LogP contribution in [0.25, 0.3) is 0 Å². The van der Waals surface area contributed by atoms with Gasteiger partial charge in [0.1, 0.15) is 5.75 Å². The number of benzene rings is 1. The molecule has 2 amide bonds. The highest BCUT2D eigenvalue weighted by Crippen LogP contribution is 2.30. The third-order valence-corrected chi connectivity index (χ3v) is 3.83. The number of amides is 2. The summed E-state index contributed by atoms with van der Waals surface area (Å²) < 4.78 is 5.06. The van der Waals surface area contributed by atoms with Gasteiger partial charge in [-0.25, -0.2) is 0 Å². The minimum absolute atomic E-state index is 0.0716. The maximum absolute atomic E-state index is 12.1. The van der Waals surface area contributed by atoms with Crippen LogP contribution in [0.2, 0.25) is 0 Å². The molecule has 5 nitrogen and oxygen atoms in total. The van der Waals surface area contributed by atoms with Crippen LogP contribution in [0.4, 0.5) is 0 Å². The van der Waals surface area contributed by atoms with E-state index in [1.807, 2.05) is 4.90 Å². The van der Waals surface area contributed by atoms with Crippen molar-refractivity contribution in [2.24, 2.45) is 0 Å². The van der Waals surface area contributed by atoms with Crippen LogP contribution >= 0.6 is 0 Å². The van der Waals surface area contributed by atoms with Gasteiger partial charge in [-0.2, -0.15) is 0 Å². The van der Waals surface area contributed by atoms with E-state index in [9.17, 15) is 9.59 Å². The molecule has 20 heavy (non-hydrogen) atoms. The summed E-state index contributed by atoms with van der Waals surface area (Å²) in [5.74, 6) is 0.744. The van der Waals surface area contributed by atoms with Crippen LogP contribution in [-0.4, -0.2) is 42.5 Å². The van der Waals surface area contributed by atoms with Gasteiger partial charge < -0.3 is 15.0 Å². The Morgan fingerprint density at radius 3 is 2.60 bits per heavy atom. The molecule has 1 saturated carbocycles. The van der Waals surface area contributed by atoms with E-state index in [-0.39, 0.29) is 17.9 Å². The number of ether oxygens (including phenoxy) is 1. The minimum Gasteiger partial charge on any atom is -0.497 e. The summed E-state index contributed by atoms with van der Waals surface area (Å²) in [6, 6.07) is 7.31. The van der Waals surface area contributed by atoms with Gasteiger partial charge >= 0.3 is 0 Å². The van der Waals surface area contributed by atoms with Crippen molar-refractivity contribution in [3.8, 4) is 5.75 Å². The summed E-state index contributed by atoms with van der Waals surface area (Å²) in [6.07, 6.45) is 2.62. The summed E-state index contributed by atoms with van der Waals surface area (Å²) in [4.78, 5) is 25.8. The fraction of sp³-hybridized carbons (Fsp3) is 0.467. The van der Waals surface area contributed by atoms with Crippen LogP contribution in [0.5, 0.6) is 5.75 Å². The summed E-state index contributed by atoms with van der Waals surface area (Å²) in [7, 11) is 1.59. The molecule has 0 spiro atoms. The van der Waals surface area contributed by atoms with Gasteiger partial charge in [0.2, 0.25) is 5.91 Å². The average Bonchev–Trinajstić information content (AvgIpc) is 3.23. The summed E-state index contributed by atoms with van der Waals surface area (Å²) in [5.41, 5.74) is 0.586. The number of carbonyl (C=O) groups is 2. The van der Waals surface area contributed by atoms with Crippen molar-refractivity contribution < 1.29 is 14.3 Å². The second kappa shape index (κ2) is 5.15. The minimum atomic E-state index is -0.136. The molecular formula is C15H18N2O3. The normalized spacial score (nSPS) is 21.9. The number of carbonyl (C=O) groups excluding carboxylic acids is 2. The monoisotopic (exact) mass is 274 g/mol. The summed E-state index contributed by atoms with van der Waals surface area (Å²) in [5, 5.41) is 2.93. The molecule has 1 aromatic carbocycles. The molecule has 0 bridgehead atoms. The molecule has 1 atom stereocenters. The van der Waals surface area contributed by atoms with E-state index in [1.165, 1.54) is 0 Å². The molecule has 0 aromatic heterocycles. The first-order valence-electron chi connectivity index (χ1n) is 6.92. The van der Waals surface area contributed by atoms with Crippen LogP contribution < -0.4 is 10.1 Å². The van der Waals surface area contributed by atoms with Crippen molar-refractivity contribution in [1.82, 2.24) is 10.2 Å². The SMILES string of the molecule is COc1ccc(C(=O)NC2CC(=O)N(C3CC3)C2)cc1. The highest BCUT2D eigenvalue weighted by molar-refractivity contribution is 5.95. The van der Waals surface area contributed by atoms with Crippen LogP contribution in [0.1, 0.15) is 29.6 Å². The Hall–Kier alpha value is -2.04. The smallest absolute Gasteiger partial charge is 0.251 e. The van der Waals surface area contributed by atoms with Gasteiger partial charge in [-0.3, -0.25) is 9.59 Å². The van der Waals surface area contributed by atoms with Crippen molar-refractivity contribution in [2.75, 3.05) is 13.7 Å². The predicted molar refractivity (Wildman–Crippen MR) is 73.6 cm³/mol. The standard InChI is InChI=1S/C15H18N2O3/c1-20-13-6-2-10(3-7-13)15(19)16-11-8-14(18)17(9-11)12-4-5-12/h2-3,6-7,11-12H,4-5,8-9H2,1H3,(H,16,19). The number of nitrogens with one attached hydrogen (secondary N) is 1. The maximum Gasteiger partial charge on any atom is 0.251 e. The van der Waals surface area contributed by atoms with Gasteiger partial charge in [0.05, 0.1) is 13.2 Å². The van der Waals surface area contributed by atoms with Crippen LogP contribution in [0.15, 0.2) is 24.3 Å². The second-order valence-electron chi connectivity index (χ2n) is 5.38. The quantitative estimate of drug-likeness (QED) is 0.897. The average molecular weight is 274 g/mol. The predicted octanol–water partition coefficient (Wildman–Crippen LogP) is 1.19. The van der Waals surface area contributed by atoms with Gasteiger partial charge in [-0.05, 0) is 37.1 Å². The van der Waals surface area contributed by atoms with Crippen molar-refractivity contribution in [2.45, 2.75) is 31.3 Å². The fourth-order valence-corrected chi connectivity index (χ4v) is 2.58. The first kappa shape index (κ1) is 13.0. The molecule has 1 unspecified atom stereocenters. The van der Waals surface area contributed by atoms with Gasteiger partial charge in [0, 0.05) is 24.6 Å². The third kappa shape index (κ3) is 2.61. The van der Waals surface area contributed by atoms with Crippen molar-refractivity contribution in [3.63, 3.8) is 0 Å². The van der Waals surface area contributed by atoms with E-state index in [2.05, 4.69) is 5.32 Å². The van der Waals surface area contributed by atoms with E-state index < -0.39 is 0 Å². The molecule has 1 N–H and O–H groups in total. The van der Waals surface area contributed by atoms with Gasteiger partial charge in [0.15, 0.2) is 0 Å². The van der Waals surface area contributed by atoms with Gasteiger partial charge in [0.25, 0.3) is 5.91 Å². The molecular weight excluding hydrogens is 256 g/mol. The van der Waals surface area contributed by atoms with Crippen LogP contribution in [0.3, 0.4) is 0 Å². The number of nitrogens with zero attached hydrogens (tertiary/aromatic N) is 1. The van der Waals surface area contributed by atoms with Crippen LogP contribution in [-0.2, 0) is 4.79 Å². The molecule has 5 heteroatoms. The Morgan fingerprint density at radius 1 is 1.30 bits per heavy atom.